The summed E-state index contributed by atoms with van der Waals surface area (Å²) >= 11 is 0. The van der Waals surface area contributed by atoms with Crippen LogP contribution in [0.25, 0.3) is 0 Å². The van der Waals surface area contributed by atoms with E-state index >= 15 is 0 Å². The molecule has 0 saturated heterocycles. The largest absolute Gasteiger partial charge is 0.0625 e. The Morgan fingerprint density at radius 3 is 2.12 bits per heavy atom. The molecule has 17 heavy (non-hydrogen) atoms. The van der Waals surface area contributed by atoms with Crippen LogP contribution in [0.5, 0.6) is 0 Å². The molecule has 0 heterocycles. The van der Waals surface area contributed by atoms with Crippen LogP contribution in [0.3, 0.4) is 0 Å². The smallest absolute Gasteiger partial charge is 0.0388 e. The van der Waals surface area contributed by atoms with Gasteiger partial charge < -0.3 is 0 Å². The molecule has 0 aromatic carbocycles. The van der Waals surface area contributed by atoms with Gasteiger partial charge in [0, 0.05) is 0 Å². The zero-order chi connectivity index (χ0) is 12.1. The van der Waals surface area contributed by atoms with Crippen molar-refractivity contribution in [2.45, 2.75) is 84.5 Å². The Morgan fingerprint density at radius 1 is 0.765 bits per heavy atom. The summed E-state index contributed by atoms with van der Waals surface area (Å²) in [4.78, 5) is 0. The van der Waals surface area contributed by atoms with Crippen LogP contribution in [-0.2, 0) is 0 Å². The minimum Gasteiger partial charge on any atom is -0.0625 e. The van der Waals surface area contributed by atoms with Gasteiger partial charge in [-0.05, 0) is 30.1 Å². The van der Waals surface area contributed by atoms with Crippen LogP contribution in [0.15, 0.2) is 0 Å². The van der Waals surface area contributed by atoms with Crippen LogP contribution in [-0.4, -0.2) is 0 Å². The summed E-state index contributed by atoms with van der Waals surface area (Å²) in [6.07, 6.45) is 16.8. The van der Waals surface area contributed by atoms with E-state index in [-0.39, 0.29) is 0 Å². The molecule has 0 amide bonds. The number of hydrogen-bond donors (Lipinski definition) is 0. The summed E-state index contributed by atoms with van der Waals surface area (Å²) in [5, 5.41) is 0. The molecular weight excluding hydrogens is 204 g/mol. The van der Waals surface area contributed by atoms with Gasteiger partial charge in [0.15, 0.2) is 0 Å². The Labute approximate surface area is 109 Å². The first-order chi connectivity index (χ1) is 8.25. The van der Waals surface area contributed by atoms with E-state index in [1.54, 1.807) is 32.1 Å². The van der Waals surface area contributed by atoms with Gasteiger partial charge in [0.2, 0.25) is 0 Å². The Bertz CT molecular complexity index is 200. The number of hydrogen-bond acceptors (Lipinski definition) is 0. The van der Waals surface area contributed by atoms with Crippen molar-refractivity contribution in [3.63, 3.8) is 0 Å². The monoisotopic (exact) mass is 236 g/mol. The highest BCUT2D eigenvalue weighted by molar-refractivity contribution is 4.76. The van der Waals surface area contributed by atoms with Gasteiger partial charge in [0.05, 0.1) is 0 Å². The zero-order valence-electron chi connectivity index (χ0n) is 12.1. The predicted octanol–water partition coefficient (Wildman–Crippen LogP) is 5.81. The summed E-state index contributed by atoms with van der Waals surface area (Å²) in [7, 11) is 0. The lowest BCUT2D eigenvalue weighted by molar-refractivity contribution is 0.192. The van der Waals surface area contributed by atoms with E-state index in [0.717, 1.165) is 23.7 Å². The van der Waals surface area contributed by atoms with Gasteiger partial charge in [0.25, 0.3) is 0 Å². The molecule has 0 aliphatic heterocycles. The van der Waals surface area contributed by atoms with Crippen molar-refractivity contribution < 1.29 is 0 Å². The maximum Gasteiger partial charge on any atom is -0.0388 e. The Hall–Kier alpha value is 0. The molecule has 2 aliphatic rings. The lowest BCUT2D eigenvalue weighted by Gasteiger charge is -2.33. The standard InChI is InChI=1S/C17H32/c1-14(2)17-10-6-9-16(13-17)12-11-15-7-4-3-5-8-15/h14-17H,3-13H2,1-2H3. The summed E-state index contributed by atoms with van der Waals surface area (Å²) in [5.41, 5.74) is 0. The van der Waals surface area contributed by atoms with Gasteiger partial charge in [-0.2, -0.15) is 0 Å². The van der Waals surface area contributed by atoms with Crippen LogP contribution in [0, 0.1) is 23.7 Å². The van der Waals surface area contributed by atoms with E-state index in [2.05, 4.69) is 13.8 Å². The van der Waals surface area contributed by atoms with Gasteiger partial charge in [-0.25, -0.2) is 0 Å². The van der Waals surface area contributed by atoms with Crippen molar-refractivity contribution in [3.8, 4) is 0 Å². The third-order valence-corrected chi connectivity index (χ3v) is 5.47. The van der Waals surface area contributed by atoms with Crippen molar-refractivity contribution in [1.82, 2.24) is 0 Å². The Kier molecular flexibility index (Phi) is 5.38. The van der Waals surface area contributed by atoms with Crippen LogP contribution >= 0.6 is 0 Å². The first-order valence-corrected chi connectivity index (χ1v) is 8.25. The molecule has 0 radical (unpaired) electrons. The van der Waals surface area contributed by atoms with Gasteiger partial charge >= 0.3 is 0 Å². The molecule has 0 N–H and O–H groups in total. The molecule has 100 valence electrons. The summed E-state index contributed by atoms with van der Waals surface area (Å²) in [5.74, 6) is 4.15. The zero-order valence-corrected chi connectivity index (χ0v) is 12.1. The second-order valence-electron chi connectivity index (χ2n) is 7.12. The van der Waals surface area contributed by atoms with Crippen molar-refractivity contribution in [3.05, 3.63) is 0 Å². The van der Waals surface area contributed by atoms with Gasteiger partial charge in [-0.15, -0.1) is 0 Å². The topological polar surface area (TPSA) is 0 Å². The van der Waals surface area contributed by atoms with E-state index < -0.39 is 0 Å². The Morgan fingerprint density at radius 2 is 1.41 bits per heavy atom. The maximum absolute atomic E-state index is 2.42. The van der Waals surface area contributed by atoms with Crippen LogP contribution in [0.2, 0.25) is 0 Å². The van der Waals surface area contributed by atoms with Gasteiger partial charge in [0.1, 0.15) is 0 Å². The highest BCUT2D eigenvalue weighted by Gasteiger charge is 2.24. The molecule has 0 aromatic rings. The van der Waals surface area contributed by atoms with Crippen molar-refractivity contribution in [2.24, 2.45) is 23.7 Å². The molecule has 2 aliphatic carbocycles. The van der Waals surface area contributed by atoms with Crippen LogP contribution in [0.1, 0.15) is 84.5 Å². The maximum atomic E-state index is 2.42. The SMILES string of the molecule is CC(C)C1CCCC(CCC2CCCCC2)C1. The van der Waals surface area contributed by atoms with Crippen molar-refractivity contribution >= 4 is 0 Å². The third-order valence-electron chi connectivity index (χ3n) is 5.47. The van der Waals surface area contributed by atoms with Crippen LogP contribution < -0.4 is 0 Å². The third kappa shape index (κ3) is 4.30. The molecule has 0 nitrogen and oxygen atoms in total. The Balaban J connectivity index is 1.67. The number of rotatable bonds is 4. The molecular formula is C17H32. The quantitative estimate of drug-likeness (QED) is 0.578. The first-order valence-electron chi connectivity index (χ1n) is 8.25. The minimum absolute atomic E-state index is 0.924. The molecule has 2 fully saturated rings. The lowest BCUT2D eigenvalue weighted by Crippen LogP contribution is -2.20. The normalized spacial score (nSPS) is 31.9. The van der Waals surface area contributed by atoms with E-state index in [4.69, 9.17) is 0 Å². The molecule has 0 heteroatoms. The second kappa shape index (κ2) is 6.81. The molecule has 2 unspecified atom stereocenters. The lowest BCUT2D eigenvalue weighted by atomic mass is 9.73. The fraction of sp³-hybridized carbons (Fsp3) is 1.00. The second-order valence-corrected chi connectivity index (χ2v) is 7.12. The average molecular weight is 236 g/mol. The molecule has 2 saturated carbocycles. The van der Waals surface area contributed by atoms with E-state index in [1.165, 1.54) is 38.5 Å². The molecule has 0 aromatic heterocycles. The predicted molar refractivity (Wildman–Crippen MR) is 76.1 cm³/mol. The van der Waals surface area contributed by atoms with E-state index in [9.17, 15) is 0 Å². The highest BCUT2D eigenvalue weighted by Crippen LogP contribution is 2.37. The van der Waals surface area contributed by atoms with Crippen LogP contribution in [0.4, 0.5) is 0 Å². The highest BCUT2D eigenvalue weighted by atomic mass is 14.3. The summed E-state index contributed by atoms with van der Waals surface area (Å²) in [6, 6.07) is 0. The summed E-state index contributed by atoms with van der Waals surface area (Å²) < 4.78 is 0. The first kappa shape index (κ1) is 13.4. The fourth-order valence-electron chi connectivity index (χ4n) is 4.15. The van der Waals surface area contributed by atoms with Crippen molar-refractivity contribution in [2.75, 3.05) is 0 Å². The summed E-state index contributed by atoms with van der Waals surface area (Å²) in [6.45, 7) is 4.85. The molecule has 0 bridgehead atoms. The fourth-order valence-corrected chi connectivity index (χ4v) is 4.15. The van der Waals surface area contributed by atoms with Crippen molar-refractivity contribution in [1.29, 1.82) is 0 Å². The van der Waals surface area contributed by atoms with E-state index in [1.807, 2.05) is 0 Å². The average Bonchev–Trinajstić information content (AvgIpc) is 2.38. The minimum atomic E-state index is 0.924. The van der Waals surface area contributed by atoms with E-state index in [0.29, 0.717) is 0 Å². The molecule has 0 spiro atoms. The van der Waals surface area contributed by atoms with Gasteiger partial charge in [-0.3, -0.25) is 0 Å². The molecule has 2 rings (SSSR count). The van der Waals surface area contributed by atoms with Gasteiger partial charge in [-0.1, -0.05) is 78.1 Å². The molecule has 2 atom stereocenters.